The van der Waals surface area contributed by atoms with Crippen molar-refractivity contribution in [3.05, 3.63) is 59.3 Å². The minimum atomic E-state index is -0.713. The van der Waals surface area contributed by atoms with Crippen LogP contribution in [-0.2, 0) is 7.05 Å². The van der Waals surface area contributed by atoms with Crippen LogP contribution in [0.15, 0.2) is 58.7 Å². The van der Waals surface area contributed by atoms with Gasteiger partial charge in [-0.25, -0.2) is 19.3 Å². The molecule has 33 heavy (non-hydrogen) atoms. The van der Waals surface area contributed by atoms with Crippen LogP contribution >= 0.6 is 27.7 Å². The van der Waals surface area contributed by atoms with Crippen LogP contribution in [0.3, 0.4) is 0 Å². The summed E-state index contributed by atoms with van der Waals surface area (Å²) in [6, 6.07) is 8.15. The molecular weight excluding hydrogens is 513 g/mol. The molecule has 0 aliphatic heterocycles. The van der Waals surface area contributed by atoms with Crippen molar-refractivity contribution in [1.82, 2.24) is 19.5 Å². The predicted octanol–water partition coefficient (Wildman–Crippen LogP) is 4.55. The molecule has 0 fully saturated rings. The summed E-state index contributed by atoms with van der Waals surface area (Å²) in [7, 11) is 3.42. The molecule has 0 bridgehead atoms. The van der Waals surface area contributed by atoms with Gasteiger partial charge in [0.05, 0.1) is 24.4 Å². The number of benzene rings is 2. The Bertz CT molecular complexity index is 1270. The molecule has 172 valence electrons. The van der Waals surface area contributed by atoms with Gasteiger partial charge < -0.3 is 24.5 Å². The van der Waals surface area contributed by atoms with E-state index >= 15 is 0 Å². The molecule has 1 unspecified atom stereocenters. The Balaban J connectivity index is 1.50. The topological polar surface area (TPSA) is 94.3 Å². The second-order valence-corrected chi connectivity index (χ2v) is 8.99. The number of rotatable bonds is 9. The zero-order valence-electron chi connectivity index (χ0n) is 17.8. The number of halogens is 2. The average Bonchev–Trinajstić information content (AvgIpc) is 3.22. The number of fused-ring (bicyclic) bond motifs is 1. The van der Waals surface area contributed by atoms with Crippen LogP contribution in [0.2, 0.25) is 0 Å². The largest absolute Gasteiger partial charge is 0.493 e. The first-order valence-corrected chi connectivity index (χ1v) is 11.7. The van der Waals surface area contributed by atoms with E-state index in [0.717, 1.165) is 5.16 Å². The van der Waals surface area contributed by atoms with Crippen molar-refractivity contribution in [2.75, 3.05) is 24.8 Å². The van der Waals surface area contributed by atoms with Gasteiger partial charge in [-0.1, -0.05) is 27.7 Å². The van der Waals surface area contributed by atoms with E-state index < -0.39 is 11.9 Å². The van der Waals surface area contributed by atoms with Crippen molar-refractivity contribution in [3.63, 3.8) is 0 Å². The lowest BCUT2D eigenvalue weighted by molar-refractivity contribution is 0.124. The maximum absolute atomic E-state index is 14.3. The maximum atomic E-state index is 14.3. The molecule has 11 heteroatoms. The van der Waals surface area contributed by atoms with Gasteiger partial charge >= 0.3 is 0 Å². The predicted molar refractivity (Wildman–Crippen MR) is 129 cm³/mol. The van der Waals surface area contributed by atoms with Crippen LogP contribution in [-0.4, -0.2) is 50.2 Å². The molecule has 2 aromatic carbocycles. The number of hydrogen-bond donors (Lipinski definition) is 2. The van der Waals surface area contributed by atoms with E-state index in [4.69, 9.17) is 9.47 Å². The fourth-order valence-corrected chi connectivity index (χ4v) is 4.22. The van der Waals surface area contributed by atoms with E-state index in [0.29, 0.717) is 38.4 Å². The fraction of sp³-hybridized carbons (Fsp3) is 0.227. The highest BCUT2D eigenvalue weighted by molar-refractivity contribution is 9.10. The smallest absolute Gasteiger partial charge is 0.167 e. The van der Waals surface area contributed by atoms with Crippen LogP contribution in [0, 0.1) is 5.82 Å². The van der Waals surface area contributed by atoms with E-state index in [1.165, 1.54) is 31.3 Å². The zero-order valence-corrected chi connectivity index (χ0v) is 20.2. The number of aromatic nitrogens is 4. The summed E-state index contributed by atoms with van der Waals surface area (Å²) in [6.45, 7) is 0.0690. The fourth-order valence-electron chi connectivity index (χ4n) is 3.05. The summed E-state index contributed by atoms with van der Waals surface area (Å²) in [5.74, 6) is 1.32. The van der Waals surface area contributed by atoms with Crippen molar-refractivity contribution in [2.45, 2.75) is 11.3 Å². The third-order valence-electron chi connectivity index (χ3n) is 4.72. The molecule has 2 aromatic heterocycles. The molecule has 0 aliphatic carbocycles. The number of aliphatic hydroxyl groups excluding tert-OH is 1. The van der Waals surface area contributed by atoms with Crippen molar-refractivity contribution < 1.29 is 19.0 Å². The molecule has 2 heterocycles. The normalized spacial score (nSPS) is 12.0. The second kappa shape index (κ2) is 10.4. The number of hydrogen-bond acceptors (Lipinski definition) is 8. The second-order valence-electron chi connectivity index (χ2n) is 7.09. The summed E-state index contributed by atoms with van der Waals surface area (Å²) in [5.41, 5.74) is 0.864. The highest BCUT2D eigenvalue weighted by Gasteiger charge is 2.15. The third kappa shape index (κ3) is 5.55. The highest BCUT2D eigenvalue weighted by atomic mass is 79.9. The first-order valence-electron chi connectivity index (χ1n) is 9.90. The Morgan fingerprint density at radius 1 is 1.21 bits per heavy atom. The standard InChI is InChI=1S/C22H21BrFN5O3S/c1-29-6-5-25-22(29)33-11-14(30)10-32-20-9-18-15(8-19(20)31-2)21(27-12-26-18)28-17-4-3-13(23)7-16(17)24/h3-9,12,14,30H,10-11H2,1-2H3,(H,26,27,28). The van der Waals surface area contributed by atoms with E-state index in [-0.39, 0.29) is 12.3 Å². The molecule has 0 radical (unpaired) electrons. The van der Waals surface area contributed by atoms with Crippen LogP contribution in [0.4, 0.5) is 15.9 Å². The highest BCUT2D eigenvalue weighted by Crippen LogP contribution is 2.35. The lowest BCUT2D eigenvalue weighted by Gasteiger charge is -2.16. The zero-order chi connectivity index (χ0) is 23.4. The number of imidazole rings is 1. The quantitative estimate of drug-likeness (QED) is 0.302. The molecule has 0 saturated heterocycles. The minimum absolute atomic E-state index is 0.0690. The third-order valence-corrected chi connectivity index (χ3v) is 6.41. The molecule has 0 amide bonds. The monoisotopic (exact) mass is 533 g/mol. The molecule has 4 aromatic rings. The van der Waals surface area contributed by atoms with E-state index in [2.05, 4.69) is 36.2 Å². The Hall–Kier alpha value is -2.89. The first kappa shape index (κ1) is 23.3. The van der Waals surface area contributed by atoms with Gasteiger partial charge in [-0.2, -0.15) is 0 Å². The Labute approximate surface area is 202 Å². The minimum Gasteiger partial charge on any atom is -0.493 e. The van der Waals surface area contributed by atoms with Crippen molar-refractivity contribution in [2.24, 2.45) is 7.05 Å². The van der Waals surface area contributed by atoms with Gasteiger partial charge in [0.15, 0.2) is 16.7 Å². The summed E-state index contributed by atoms with van der Waals surface area (Å²) in [4.78, 5) is 12.8. The van der Waals surface area contributed by atoms with Crippen molar-refractivity contribution in [1.29, 1.82) is 0 Å². The maximum Gasteiger partial charge on any atom is 0.167 e. The van der Waals surface area contributed by atoms with Crippen LogP contribution in [0.25, 0.3) is 10.9 Å². The number of aliphatic hydroxyl groups is 1. The average molecular weight is 534 g/mol. The van der Waals surface area contributed by atoms with Gasteiger partial charge in [-0.05, 0) is 24.3 Å². The SMILES string of the molecule is COc1cc2c(Nc3ccc(Br)cc3F)ncnc2cc1OCC(O)CSc1nccn1C. The van der Waals surface area contributed by atoms with Crippen LogP contribution in [0.5, 0.6) is 11.5 Å². The van der Waals surface area contributed by atoms with Crippen LogP contribution < -0.4 is 14.8 Å². The first-order chi connectivity index (χ1) is 15.9. The molecule has 8 nitrogen and oxygen atoms in total. The van der Waals surface area contributed by atoms with Gasteiger partial charge in [-0.3, -0.25) is 0 Å². The molecule has 0 aliphatic rings. The molecule has 4 rings (SSSR count). The van der Waals surface area contributed by atoms with Gasteiger partial charge in [0.25, 0.3) is 0 Å². The van der Waals surface area contributed by atoms with E-state index in [1.807, 2.05) is 17.8 Å². The number of anilines is 2. The van der Waals surface area contributed by atoms with Crippen molar-refractivity contribution in [3.8, 4) is 11.5 Å². The lowest BCUT2D eigenvalue weighted by atomic mass is 10.2. The number of thioether (sulfide) groups is 1. The summed E-state index contributed by atoms with van der Waals surface area (Å²) >= 11 is 4.69. The Kier molecular flexibility index (Phi) is 7.31. The lowest BCUT2D eigenvalue weighted by Crippen LogP contribution is -2.20. The summed E-state index contributed by atoms with van der Waals surface area (Å²) in [5, 5.41) is 14.8. The van der Waals surface area contributed by atoms with E-state index in [9.17, 15) is 9.50 Å². The summed E-state index contributed by atoms with van der Waals surface area (Å²) in [6.07, 6.45) is 4.23. The Morgan fingerprint density at radius 2 is 2.06 bits per heavy atom. The number of aryl methyl sites for hydroxylation is 1. The Morgan fingerprint density at radius 3 is 2.79 bits per heavy atom. The number of ether oxygens (including phenoxy) is 2. The van der Waals surface area contributed by atoms with Gasteiger partial charge in [0, 0.05) is 41.1 Å². The van der Waals surface area contributed by atoms with Crippen molar-refractivity contribution >= 4 is 50.1 Å². The molecule has 0 saturated carbocycles. The van der Waals surface area contributed by atoms with Gasteiger partial charge in [0.2, 0.25) is 0 Å². The number of nitrogens with zero attached hydrogens (tertiary/aromatic N) is 4. The molecule has 0 spiro atoms. The van der Waals surface area contributed by atoms with Gasteiger partial charge in [0.1, 0.15) is 24.6 Å². The van der Waals surface area contributed by atoms with Crippen LogP contribution in [0.1, 0.15) is 0 Å². The number of methoxy groups -OCH3 is 1. The number of nitrogens with one attached hydrogen (secondary N) is 1. The molecular formula is C22H21BrFN5O3S. The van der Waals surface area contributed by atoms with Gasteiger partial charge in [-0.15, -0.1) is 0 Å². The molecule has 2 N–H and O–H groups in total. The summed E-state index contributed by atoms with van der Waals surface area (Å²) < 4.78 is 28.1. The van der Waals surface area contributed by atoms with E-state index in [1.54, 1.807) is 30.5 Å². The molecule has 1 atom stereocenters.